The fraction of sp³-hybridized carbons (Fsp3) is 0.433. The van der Waals surface area contributed by atoms with Gasteiger partial charge in [0, 0.05) is 12.8 Å². The molecule has 4 N–H and O–H groups in total. The number of benzene rings is 2. The van der Waals surface area contributed by atoms with Crippen molar-refractivity contribution in [2.75, 3.05) is 0 Å². The Kier molecular flexibility index (Phi) is 12.9. The number of aryl methyl sites for hydroxylation is 2. The highest BCUT2D eigenvalue weighted by Crippen LogP contribution is 2.09. The topological polar surface area (TPSA) is 142 Å². The number of nitrogens with one attached hydrogen (secondary N) is 3. The zero-order valence-electron chi connectivity index (χ0n) is 22.8. The number of carboxylic acid groups (broad SMARTS) is 1. The molecule has 0 aliphatic rings. The molecule has 0 heterocycles. The Bertz CT molecular complexity index is 1100. The van der Waals surface area contributed by atoms with Gasteiger partial charge in [-0.15, -0.1) is 0 Å². The lowest BCUT2D eigenvalue weighted by Gasteiger charge is -2.25. The monoisotopic (exact) mass is 537 g/mol. The van der Waals surface area contributed by atoms with Crippen LogP contribution in [0.15, 0.2) is 60.7 Å². The Hall–Kier alpha value is -4.01. The number of amides is 3. The summed E-state index contributed by atoms with van der Waals surface area (Å²) in [6.45, 7) is 5.01. The number of aliphatic carboxylic acids is 1. The van der Waals surface area contributed by atoms with Crippen LogP contribution in [-0.2, 0) is 36.8 Å². The molecule has 9 heteroatoms. The smallest absolute Gasteiger partial charge is 0.305 e. The van der Waals surface area contributed by atoms with Crippen LogP contribution in [-0.4, -0.2) is 52.7 Å². The van der Waals surface area contributed by atoms with Crippen LogP contribution in [0.25, 0.3) is 0 Å². The predicted molar refractivity (Wildman–Crippen MR) is 148 cm³/mol. The summed E-state index contributed by atoms with van der Waals surface area (Å²) in [5, 5.41) is 17.0. The molecule has 1 unspecified atom stereocenters. The molecule has 9 nitrogen and oxygen atoms in total. The van der Waals surface area contributed by atoms with Gasteiger partial charge in [-0.25, -0.2) is 0 Å². The van der Waals surface area contributed by atoms with E-state index in [1.54, 1.807) is 13.8 Å². The first-order valence-electron chi connectivity index (χ1n) is 13.3. The van der Waals surface area contributed by atoms with Crippen molar-refractivity contribution < 1.29 is 29.1 Å². The highest BCUT2D eigenvalue weighted by Gasteiger charge is 2.29. The molecule has 2 rings (SSSR count). The van der Waals surface area contributed by atoms with Gasteiger partial charge >= 0.3 is 5.97 Å². The number of carbonyl (C=O) groups excluding carboxylic acids is 4. The molecule has 0 fully saturated rings. The molecule has 0 spiro atoms. The van der Waals surface area contributed by atoms with Gasteiger partial charge in [-0.05, 0) is 43.2 Å². The second kappa shape index (κ2) is 16.1. The molecule has 0 aliphatic heterocycles. The number of hydrogen-bond donors (Lipinski definition) is 4. The lowest BCUT2D eigenvalue weighted by Crippen LogP contribution is -2.56. The van der Waals surface area contributed by atoms with Gasteiger partial charge in [0.25, 0.3) is 0 Å². The van der Waals surface area contributed by atoms with Gasteiger partial charge in [0.05, 0.1) is 12.5 Å². The Labute approximate surface area is 229 Å². The Morgan fingerprint density at radius 1 is 0.718 bits per heavy atom. The minimum Gasteiger partial charge on any atom is -0.481 e. The van der Waals surface area contributed by atoms with Gasteiger partial charge < -0.3 is 21.1 Å². The molecule has 0 radical (unpaired) electrons. The summed E-state index contributed by atoms with van der Waals surface area (Å²) in [5.41, 5.74) is 2.07. The average molecular weight is 538 g/mol. The molecule has 0 aliphatic carbocycles. The van der Waals surface area contributed by atoms with E-state index in [1.807, 2.05) is 60.7 Å². The van der Waals surface area contributed by atoms with E-state index in [2.05, 4.69) is 16.0 Å². The fourth-order valence-electron chi connectivity index (χ4n) is 4.05. The van der Waals surface area contributed by atoms with Crippen LogP contribution in [0.2, 0.25) is 0 Å². The summed E-state index contributed by atoms with van der Waals surface area (Å²) in [6, 6.07) is 16.0. The predicted octanol–water partition coefficient (Wildman–Crippen LogP) is 2.82. The minimum absolute atomic E-state index is 0.109. The van der Waals surface area contributed by atoms with Gasteiger partial charge in [0.15, 0.2) is 5.78 Å². The Morgan fingerprint density at radius 2 is 1.28 bits per heavy atom. The van der Waals surface area contributed by atoms with E-state index in [0.717, 1.165) is 11.1 Å². The van der Waals surface area contributed by atoms with E-state index in [9.17, 15) is 29.1 Å². The lowest BCUT2D eigenvalue weighted by molar-refractivity contribution is -0.140. The normalized spacial score (nSPS) is 13.1. The van der Waals surface area contributed by atoms with Gasteiger partial charge in [-0.3, -0.25) is 24.0 Å². The highest BCUT2D eigenvalue weighted by atomic mass is 16.4. The zero-order chi connectivity index (χ0) is 28.8. The molecule has 3 atom stereocenters. The third-order valence-electron chi connectivity index (χ3n) is 6.32. The first-order chi connectivity index (χ1) is 18.6. The van der Waals surface area contributed by atoms with Gasteiger partial charge in [-0.1, -0.05) is 74.5 Å². The summed E-state index contributed by atoms with van der Waals surface area (Å²) in [7, 11) is 0. The van der Waals surface area contributed by atoms with E-state index >= 15 is 0 Å². The van der Waals surface area contributed by atoms with E-state index in [4.69, 9.17) is 0 Å². The zero-order valence-corrected chi connectivity index (χ0v) is 22.8. The largest absolute Gasteiger partial charge is 0.481 e. The van der Waals surface area contributed by atoms with Crippen LogP contribution >= 0.6 is 0 Å². The molecule has 0 saturated heterocycles. The van der Waals surface area contributed by atoms with Gasteiger partial charge in [-0.2, -0.15) is 0 Å². The fourth-order valence-corrected chi connectivity index (χ4v) is 4.05. The molecule has 0 saturated carbocycles. The van der Waals surface area contributed by atoms with Gasteiger partial charge in [0.2, 0.25) is 17.7 Å². The molecule has 2 aromatic carbocycles. The molecular formula is C30H39N3O6. The van der Waals surface area contributed by atoms with Crippen LogP contribution in [0.5, 0.6) is 0 Å². The molecular weight excluding hydrogens is 498 g/mol. The van der Waals surface area contributed by atoms with Crippen LogP contribution in [0.1, 0.15) is 57.6 Å². The maximum absolute atomic E-state index is 12.9. The van der Waals surface area contributed by atoms with Crippen LogP contribution < -0.4 is 16.0 Å². The highest BCUT2D eigenvalue weighted by molar-refractivity contribution is 5.95. The minimum atomic E-state index is -1.22. The number of carbonyl (C=O) groups is 5. The number of hydrogen-bond acceptors (Lipinski definition) is 5. The SMILES string of the molecule is CC(C)[C@H](NC(=O)CCc1ccccc1)C(=O)N[C@@H](C)C(=O)NC(CC(=O)O)C(=O)CCCc1ccccc1. The van der Waals surface area contributed by atoms with Crippen molar-refractivity contribution in [3.8, 4) is 0 Å². The number of rotatable bonds is 16. The quantitative estimate of drug-likeness (QED) is 0.259. The summed E-state index contributed by atoms with van der Waals surface area (Å²) in [4.78, 5) is 62.2. The van der Waals surface area contributed by atoms with Crippen molar-refractivity contribution in [3.05, 3.63) is 71.8 Å². The second-order valence-corrected chi connectivity index (χ2v) is 9.97. The van der Waals surface area contributed by atoms with Crippen molar-refractivity contribution in [2.45, 2.75) is 77.4 Å². The third kappa shape index (κ3) is 11.5. The lowest BCUT2D eigenvalue weighted by atomic mass is 10.0. The third-order valence-corrected chi connectivity index (χ3v) is 6.32. The average Bonchev–Trinajstić information content (AvgIpc) is 2.90. The Morgan fingerprint density at radius 3 is 1.82 bits per heavy atom. The molecule has 0 bridgehead atoms. The summed E-state index contributed by atoms with van der Waals surface area (Å²) in [5.74, 6) is -3.34. The van der Waals surface area contributed by atoms with E-state index in [-0.39, 0.29) is 30.4 Å². The van der Waals surface area contributed by atoms with Gasteiger partial charge in [0.1, 0.15) is 12.1 Å². The van der Waals surface area contributed by atoms with E-state index in [0.29, 0.717) is 19.3 Å². The van der Waals surface area contributed by atoms with Crippen molar-refractivity contribution in [2.24, 2.45) is 5.92 Å². The summed E-state index contributed by atoms with van der Waals surface area (Å²) in [6.07, 6.45) is 1.46. The molecule has 3 amide bonds. The maximum atomic E-state index is 12.9. The molecule has 210 valence electrons. The molecule has 39 heavy (non-hydrogen) atoms. The van der Waals surface area contributed by atoms with E-state index in [1.165, 1.54) is 6.92 Å². The maximum Gasteiger partial charge on any atom is 0.305 e. The second-order valence-electron chi connectivity index (χ2n) is 9.97. The standard InChI is InChI=1S/C30H39N3O6/c1-20(2)28(33-26(35)18-17-23-13-8-5-9-14-23)30(39)31-21(3)29(38)32-24(19-27(36)37)25(34)16-10-15-22-11-6-4-7-12-22/h4-9,11-14,20-21,24,28H,10,15-19H2,1-3H3,(H,31,39)(H,32,38)(H,33,35)(H,36,37)/t21-,24?,28-/m0/s1. The van der Waals surface area contributed by atoms with Crippen molar-refractivity contribution in [1.29, 1.82) is 0 Å². The Balaban J connectivity index is 1.90. The van der Waals surface area contributed by atoms with Crippen molar-refractivity contribution >= 4 is 29.5 Å². The number of Topliss-reactive ketones (excluding diaryl/α,β-unsaturated/α-hetero) is 1. The summed E-state index contributed by atoms with van der Waals surface area (Å²) >= 11 is 0. The van der Waals surface area contributed by atoms with Crippen molar-refractivity contribution in [3.63, 3.8) is 0 Å². The van der Waals surface area contributed by atoms with Crippen LogP contribution in [0.3, 0.4) is 0 Å². The first kappa shape index (κ1) is 31.2. The van der Waals surface area contributed by atoms with Crippen molar-refractivity contribution in [1.82, 2.24) is 16.0 Å². The first-order valence-corrected chi connectivity index (χ1v) is 13.3. The number of carboxylic acids is 1. The molecule has 2 aromatic rings. The molecule has 0 aromatic heterocycles. The summed E-state index contributed by atoms with van der Waals surface area (Å²) < 4.78 is 0. The van der Waals surface area contributed by atoms with E-state index < -0.39 is 42.3 Å². The van der Waals surface area contributed by atoms with Crippen LogP contribution in [0.4, 0.5) is 0 Å². The number of ketones is 1. The van der Waals surface area contributed by atoms with Crippen LogP contribution in [0, 0.1) is 5.92 Å².